The maximum absolute atomic E-state index is 5.98. The van der Waals surface area contributed by atoms with Crippen LogP contribution in [0.15, 0.2) is 24.3 Å². The molecule has 1 aromatic carbocycles. The van der Waals surface area contributed by atoms with Crippen LogP contribution in [0.2, 0.25) is 5.02 Å². The van der Waals surface area contributed by atoms with Gasteiger partial charge in [0.05, 0.1) is 0 Å². The molecule has 0 amide bonds. The number of fused-ring (bicyclic) bond motifs is 2. The maximum Gasteiger partial charge on any atom is 0.0406 e. The van der Waals surface area contributed by atoms with Gasteiger partial charge in [-0.3, -0.25) is 4.90 Å². The van der Waals surface area contributed by atoms with Crippen molar-refractivity contribution in [2.75, 3.05) is 6.54 Å². The van der Waals surface area contributed by atoms with Gasteiger partial charge in [0.25, 0.3) is 0 Å². The molecule has 0 radical (unpaired) electrons. The van der Waals surface area contributed by atoms with Crippen molar-refractivity contribution in [3.63, 3.8) is 0 Å². The van der Waals surface area contributed by atoms with Gasteiger partial charge in [0.1, 0.15) is 0 Å². The van der Waals surface area contributed by atoms with Crippen LogP contribution < -0.4 is 5.32 Å². The highest BCUT2D eigenvalue weighted by molar-refractivity contribution is 6.30. The highest BCUT2D eigenvalue weighted by Gasteiger charge is 2.35. The van der Waals surface area contributed by atoms with E-state index in [4.69, 9.17) is 11.6 Å². The van der Waals surface area contributed by atoms with Crippen molar-refractivity contribution < 1.29 is 0 Å². The van der Waals surface area contributed by atoms with Crippen LogP contribution in [-0.2, 0) is 6.54 Å². The fourth-order valence-corrected chi connectivity index (χ4v) is 3.95. The number of rotatable bonds is 5. The second-order valence-electron chi connectivity index (χ2n) is 6.36. The molecule has 2 nitrogen and oxygen atoms in total. The van der Waals surface area contributed by atoms with Crippen LogP contribution in [0.25, 0.3) is 0 Å². The Labute approximate surface area is 127 Å². The molecule has 2 aliphatic rings. The van der Waals surface area contributed by atoms with Crippen molar-refractivity contribution in [2.24, 2.45) is 0 Å². The third-order valence-electron chi connectivity index (χ3n) is 4.77. The number of hydrogen-bond acceptors (Lipinski definition) is 2. The summed E-state index contributed by atoms with van der Waals surface area (Å²) in [6.07, 6.45) is 6.63. The van der Waals surface area contributed by atoms with E-state index < -0.39 is 0 Å². The third kappa shape index (κ3) is 3.36. The van der Waals surface area contributed by atoms with E-state index in [-0.39, 0.29) is 0 Å². The molecule has 110 valence electrons. The summed E-state index contributed by atoms with van der Waals surface area (Å²) in [4.78, 5) is 2.69. The maximum atomic E-state index is 5.98. The molecule has 2 fully saturated rings. The molecule has 2 saturated heterocycles. The molecule has 2 heterocycles. The standard InChI is InChI=1S/C17H25ClN2/c1-2-9-20(12-13-3-5-14(18)6-4-13)17-10-15-7-8-16(11-17)19-15/h3-6,15-17,19H,2,7-12H2,1H3. The Morgan fingerprint density at radius 1 is 1.15 bits per heavy atom. The van der Waals surface area contributed by atoms with E-state index in [2.05, 4.69) is 29.3 Å². The van der Waals surface area contributed by atoms with Crippen molar-refractivity contribution in [1.29, 1.82) is 0 Å². The van der Waals surface area contributed by atoms with Gasteiger partial charge in [-0.25, -0.2) is 0 Å². The number of nitrogens with zero attached hydrogens (tertiary/aromatic N) is 1. The average Bonchev–Trinajstić information content (AvgIpc) is 2.79. The van der Waals surface area contributed by atoms with Gasteiger partial charge in [-0.1, -0.05) is 30.7 Å². The van der Waals surface area contributed by atoms with Crippen LogP contribution in [0.4, 0.5) is 0 Å². The minimum absolute atomic E-state index is 0.754. The molecule has 3 rings (SSSR count). The lowest BCUT2D eigenvalue weighted by atomic mass is 9.97. The van der Waals surface area contributed by atoms with Gasteiger partial charge in [-0.15, -0.1) is 0 Å². The zero-order valence-electron chi connectivity index (χ0n) is 12.3. The second-order valence-corrected chi connectivity index (χ2v) is 6.80. The molecule has 2 unspecified atom stereocenters. The van der Waals surface area contributed by atoms with Gasteiger partial charge >= 0.3 is 0 Å². The predicted molar refractivity (Wildman–Crippen MR) is 85.1 cm³/mol. The van der Waals surface area contributed by atoms with Crippen LogP contribution in [0.1, 0.15) is 44.6 Å². The molecule has 3 heteroatoms. The molecule has 0 saturated carbocycles. The van der Waals surface area contributed by atoms with Crippen molar-refractivity contribution in [2.45, 2.75) is 63.7 Å². The SMILES string of the molecule is CCCN(Cc1ccc(Cl)cc1)C1CC2CCC(C1)N2. The molecule has 2 bridgehead atoms. The molecule has 0 spiro atoms. The molecular weight excluding hydrogens is 268 g/mol. The van der Waals surface area contributed by atoms with E-state index in [1.807, 2.05) is 12.1 Å². The minimum atomic E-state index is 0.754. The van der Waals surface area contributed by atoms with Gasteiger partial charge in [-0.05, 0) is 56.3 Å². The monoisotopic (exact) mass is 292 g/mol. The highest BCUT2D eigenvalue weighted by Crippen LogP contribution is 2.30. The Hall–Kier alpha value is -0.570. The second kappa shape index (κ2) is 6.46. The van der Waals surface area contributed by atoms with E-state index in [0.717, 1.165) is 29.7 Å². The Kier molecular flexibility index (Phi) is 4.65. The summed E-state index contributed by atoms with van der Waals surface area (Å²) in [7, 11) is 0. The molecule has 2 aliphatic heterocycles. The van der Waals surface area contributed by atoms with E-state index in [9.17, 15) is 0 Å². The predicted octanol–water partition coefficient (Wildman–Crippen LogP) is 3.84. The van der Waals surface area contributed by atoms with Crippen LogP contribution in [0.5, 0.6) is 0 Å². The van der Waals surface area contributed by atoms with Crippen molar-refractivity contribution >= 4 is 11.6 Å². The zero-order valence-corrected chi connectivity index (χ0v) is 13.1. The Morgan fingerprint density at radius 3 is 2.40 bits per heavy atom. The first kappa shape index (κ1) is 14.4. The first-order chi connectivity index (χ1) is 9.74. The third-order valence-corrected chi connectivity index (χ3v) is 5.03. The normalized spacial score (nSPS) is 29.1. The number of hydrogen-bond donors (Lipinski definition) is 1. The molecule has 1 N–H and O–H groups in total. The van der Waals surface area contributed by atoms with Crippen LogP contribution in [-0.4, -0.2) is 29.6 Å². The summed E-state index contributed by atoms with van der Waals surface area (Å²) >= 11 is 5.98. The summed E-state index contributed by atoms with van der Waals surface area (Å²) in [5.41, 5.74) is 1.38. The lowest BCUT2D eigenvalue weighted by Crippen LogP contribution is -2.48. The number of halogens is 1. The summed E-state index contributed by atoms with van der Waals surface area (Å²) in [6.45, 7) is 4.55. The summed E-state index contributed by atoms with van der Waals surface area (Å²) in [5, 5.41) is 4.57. The quantitative estimate of drug-likeness (QED) is 0.887. The van der Waals surface area contributed by atoms with Crippen molar-refractivity contribution in [3.05, 3.63) is 34.9 Å². The highest BCUT2D eigenvalue weighted by atomic mass is 35.5. The van der Waals surface area contributed by atoms with E-state index in [1.165, 1.54) is 44.2 Å². The van der Waals surface area contributed by atoms with Crippen LogP contribution in [0.3, 0.4) is 0 Å². The lowest BCUT2D eigenvalue weighted by Gasteiger charge is -2.38. The van der Waals surface area contributed by atoms with E-state index >= 15 is 0 Å². The molecular formula is C17H25ClN2. The van der Waals surface area contributed by atoms with Gasteiger partial charge in [-0.2, -0.15) is 0 Å². The first-order valence-electron chi connectivity index (χ1n) is 7.99. The number of nitrogens with one attached hydrogen (secondary N) is 1. The molecule has 1 aromatic rings. The van der Waals surface area contributed by atoms with E-state index in [0.29, 0.717) is 0 Å². The zero-order chi connectivity index (χ0) is 13.9. The molecule has 20 heavy (non-hydrogen) atoms. The molecule has 0 aliphatic carbocycles. The van der Waals surface area contributed by atoms with Crippen molar-refractivity contribution in [3.8, 4) is 0 Å². The van der Waals surface area contributed by atoms with Gasteiger partial charge < -0.3 is 5.32 Å². The smallest absolute Gasteiger partial charge is 0.0406 e. The summed E-state index contributed by atoms with van der Waals surface area (Å²) in [5.74, 6) is 0. The minimum Gasteiger partial charge on any atom is -0.311 e. The number of piperidine rings is 1. The topological polar surface area (TPSA) is 15.3 Å². The number of benzene rings is 1. The van der Waals surface area contributed by atoms with Crippen molar-refractivity contribution in [1.82, 2.24) is 10.2 Å². The Bertz CT molecular complexity index is 419. The van der Waals surface area contributed by atoms with Gasteiger partial charge in [0.15, 0.2) is 0 Å². The average molecular weight is 293 g/mol. The molecule has 0 aromatic heterocycles. The fraction of sp³-hybridized carbons (Fsp3) is 0.647. The lowest BCUT2D eigenvalue weighted by molar-refractivity contribution is 0.134. The fourth-order valence-electron chi connectivity index (χ4n) is 3.83. The summed E-state index contributed by atoms with van der Waals surface area (Å²) in [6, 6.07) is 10.6. The van der Waals surface area contributed by atoms with Gasteiger partial charge in [0.2, 0.25) is 0 Å². The van der Waals surface area contributed by atoms with Crippen LogP contribution >= 0.6 is 11.6 Å². The summed E-state index contributed by atoms with van der Waals surface area (Å²) < 4.78 is 0. The van der Waals surface area contributed by atoms with E-state index in [1.54, 1.807) is 0 Å². The molecule has 2 atom stereocenters. The van der Waals surface area contributed by atoms with Crippen LogP contribution in [0, 0.1) is 0 Å². The Morgan fingerprint density at radius 2 is 1.80 bits per heavy atom. The van der Waals surface area contributed by atoms with Gasteiger partial charge in [0, 0.05) is 29.7 Å². The largest absolute Gasteiger partial charge is 0.311 e. The Balaban J connectivity index is 1.67. The first-order valence-corrected chi connectivity index (χ1v) is 8.37.